The van der Waals surface area contributed by atoms with E-state index in [2.05, 4.69) is 22.3 Å². The van der Waals surface area contributed by atoms with E-state index in [1.165, 1.54) is 7.05 Å². The Bertz CT molecular complexity index is 522. The summed E-state index contributed by atoms with van der Waals surface area (Å²) < 4.78 is 26.2. The zero-order valence-corrected chi connectivity index (χ0v) is 11.5. The summed E-state index contributed by atoms with van der Waals surface area (Å²) >= 11 is 0. The lowest BCUT2D eigenvalue weighted by atomic mass is 10.0. The largest absolute Gasteiger partial charge is 0.377 e. The van der Waals surface area contributed by atoms with Gasteiger partial charge in [0.2, 0.25) is 10.0 Å². The quantitative estimate of drug-likeness (QED) is 0.755. The normalized spacial score (nSPS) is 24.1. The number of hydrogen-bond acceptors (Lipinski definition) is 4. The summed E-state index contributed by atoms with van der Waals surface area (Å²) in [5, 5.41) is 6.62. The van der Waals surface area contributed by atoms with Gasteiger partial charge in [0.1, 0.15) is 4.90 Å². The van der Waals surface area contributed by atoms with Crippen molar-refractivity contribution in [3.63, 3.8) is 0 Å². The van der Waals surface area contributed by atoms with Crippen molar-refractivity contribution in [3.8, 4) is 0 Å². The van der Waals surface area contributed by atoms with Crippen LogP contribution in [0, 0.1) is 0 Å². The van der Waals surface area contributed by atoms with Crippen LogP contribution < -0.4 is 15.4 Å². The summed E-state index contributed by atoms with van der Waals surface area (Å²) in [5.74, 6) is 0. The van der Waals surface area contributed by atoms with Crippen LogP contribution in [0.25, 0.3) is 0 Å². The molecule has 3 N–H and O–H groups in total. The van der Waals surface area contributed by atoms with Crippen molar-refractivity contribution in [2.45, 2.75) is 23.8 Å². The maximum absolute atomic E-state index is 11.9. The van der Waals surface area contributed by atoms with Crippen molar-refractivity contribution in [3.05, 3.63) is 24.3 Å². The molecule has 1 aromatic rings. The van der Waals surface area contributed by atoms with Crippen molar-refractivity contribution in [1.29, 1.82) is 0 Å². The standard InChI is InChI=1S/C12H19N3O2S/c1-12(7-8-14-9-12)15-10-5-3-4-6-11(10)18(16,17)13-2/h3-6,13-15H,7-9H2,1-2H3. The smallest absolute Gasteiger partial charge is 0.242 e. The molecule has 1 aromatic carbocycles. The molecule has 1 saturated heterocycles. The van der Waals surface area contributed by atoms with E-state index in [0.717, 1.165) is 19.5 Å². The highest BCUT2D eigenvalue weighted by Gasteiger charge is 2.29. The lowest BCUT2D eigenvalue weighted by Gasteiger charge is -2.27. The van der Waals surface area contributed by atoms with E-state index in [-0.39, 0.29) is 5.54 Å². The van der Waals surface area contributed by atoms with Crippen LogP contribution in [0.2, 0.25) is 0 Å². The van der Waals surface area contributed by atoms with E-state index in [1.54, 1.807) is 18.2 Å². The second-order valence-corrected chi connectivity index (χ2v) is 6.67. The third-order valence-electron chi connectivity index (χ3n) is 3.25. The van der Waals surface area contributed by atoms with Crippen LogP contribution in [0.5, 0.6) is 0 Å². The number of anilines is 1. The fraction of sp³-hybridized carbons (Fsp3) is 0.500. The monoisotopic (exact) mass is 269 g/mol. The number of benzene rings is 1. The minimum absolute atomic E-state index is 0.0979. The molecule has 1 atom stereocenters. The SMILES string of the molecule is CNS(=O)(=O)c1ccccc1NC1(C)CCNC1. The highest BCUT2D eigenvalue weighted by Crippen LogP contribution is 2.26. The lowest BCUT2D eigenvalue weighted by Crippen LogP contribution is -2.37. The zero-order valence-electron chi connectivity index (χ0n) is 10.7. The van der Waals surface area contributed by atoms with Crippen molar-refractivity contribution in [2.75, 3.05) is 25.5 Å². The van der Waals surface area contributed by atoms with Crippen LogP contribution in [0.3, 0.4) is 0 Å². The average Bonchev–Trinajstić information content (AvgIpc) is 2.76. The van der Waals surface area contributed by atoms with Gasteiger partial charge in [-0.25, -0.2) is 13.1 Å². The van der Waals surface area contributed by atoms with E-state index in [0.29, 0.717) is 10.6 Å². The Labute approximate surface area is 108 Å². The Hall–Kier alpha value is -1.11. The van der Waals surface area contributed by atoms with E-state index in [4.69, 9.17) is 0 Å². The third kappa shape index (κ3) is 2.66. The maximum atomic E-state index is 11.9. The minimum Gasteiger partial charge on any atom is -0.377 e. The van der Waals surface area contributed by atoms with Gasteiger partial charge in [0.25, 0.3) is 0 Å². The molecule has 5 nitrogen and oxygen atoms in total. The molecule has 6 heteroatoms. The molecule has 0 spiro atoms. The molecule has 0 aromatic heterocycles. The second-order valence-electron chi connectivity index (χ2n) is 4.82. The molecule has 1 unspecified atom stereocenters. The van der Waals surface area contributed by atoms with Crippen molar-refractivity contribution < 1.29 is 8.42 Å². The summed E-state index contributed by atoms with van der Waals surface area (Å²) in [5.41, 5.74) is 0.553. The molecule has 100 valence electrons. The molecular formula is C12H19N3O2S. The number of hydrogen-bond donors (Lipinski definition) is 3. The molecule has 0 radical (unpaired) electrons. The highest BCUT2D eigenvalue weighted by atomic mass is 32.2. The van der Waals surface area contributed by atoms with Crippen molar-refractivity contribution in [1.82, 2.24) is 10.0 Å². The Morgan fingerprint density at radius 2 is 2.06 bits per heavy atom. The van der Waals surface area contributed by atoms with Gasteiger partial charge >= 0.3 is 0 Å². The molecule has 1 heterocycles. The van der Waals surface area contributed by atoms with E-state index < -0.39 is 10.0 Å². The summed E-state index contributed by atoms with van der Waals surface area (Å²) in [6, 6.07) is 6.97. The number of nitrogens with one attached hydrogen (secondary N) is 3. The minimum atomic E-state index is -3.43. The van der Waals surface area contributed by atoms with E-state index in [1.807, 2.05) is 6.07 Å². The molecule has 2 rings (SSSR count). The number of rotatable bonds is 4. The Balaban J connectivity index is 2.34. The van der Waals surface area contributed by atoms with Crippen LogP contribution >= 0.6 is 0 Å². The van der Waals surface area contributed by atoms with Crippen LogP contribution in [0.15, 0.2) is 29.2 Å². The summed E-state index contributed by atoms with van der Waals surface area (Å²) in [7, 11) is -2.01. The third-order valence-corrected chi connectivity index (χ3v) is 4.72. The molecule has 0 aliphatic carbocycles. The molecule has 0 amide bonds. The van der Waals surface area contributed by atoms with Crippen LogP contribution in [0.1, 0.15) is 13.3 Å². The predicted molar refractivity (Wildman–Crippen MR) is 72.2 cm³/mol. The average molecular weight is 269 g/mol. The van der Waals surface area contributed by atoms with Gasteiger partial charge in [0.05, 0.1) is 5.69 Å². The van der Waals surface area contributed by atoms with Gasteiger partial charge in [-0.15, -0.1) is 0 Å². The van der Waals surface area contributed by atoms with Crippen LogP contribution in [-0.4, -0.2) is 34.1 Å². The second kappa shape index (κ2) is 4.87. The first-order valence-electron chi connectivity index (χ1n) is 5.98. The van der Waals surface area contributed by atoms with Crippen molar-refractivity contribution >= 4 is 15.7 Å². The number of para-hydroxylation sites is 1. The predicted octanol–water partition coefficient (Wildman–Crippen LogP) is 0.759. The first-order chi connectivity index (χ1) is 8.47. The van der Waals surface area contributed by atoms with Crippen LogP contribution in [0.4, 0.5) is 5.69 Å². The Morgan fingerprint density at radius 3 is 2.67 bits per heavy atom. The fourth-order valence-electron chi connectivity index (χ4n) is 2.16. The lowest BCUT2D eigenvalue weighted by molar-refractivity contribution is 0.563. The molecule has 18 heavy (non-hydrogen) atoms. The van der Waals surface area contributed by atoms with Gasteiger partial charge in [-0.2, -0.15) is 0 Å². The van der Waals surface area contributed by atoms with E-state index >= 15 is 0 Å². The number of sulfonamides is 1. The van der Waals surface area contributed by atoms with Gasteiger partial charge < -0.3 is 10.6 Å². The fourth-order valence-corrected chi connectivity index (χ4v) is 3.05. The van der Waals surface area contributed by atoms with E-state index in [9.17, 15) is 8.42 Å². The van der Waals surface area contributed by atoms with Gasteiger partial charge in [0.15, 0.2) is 0 Å². The van der Waals surface area contributed by atoms with Gasteiger partial charge in [-0.05, 0) is 39.1 Å². The topological polar surface area (TPSA) is 70.2 Å². The molecule has 1 aliphatic rings. The highest BCUT2D eigenvalue weighted by molar-refractivity contribution is 7.89. The zero-order chi connectivity index (χ0) is 13.2. The Kier molecular flexibility index (Phi) is 3.61. The summed E-state index contributed by atoms with van der Waals surface area (Å²) in [4.78, 5) is 0.292. The molecule has 1 aliphatic heterocycles. The first kappa shape index (κ1) is 13.3. The summed E-state index contributed by atoms with van der Waals surface area (Å²) in [6.45, 7) is 3.88. The van der Waals surface area contributed by atoms with Gasteiger partial charge in [-0.3, -0.25) is 0 Å². The maximum Gasteiger partial charge on any atom is 0.242 e. The van der Waals surface area contributed by atoms with Crippen LogP contribution in [-0.2, 0) is 10.0 Å². The van der Waals surface area contributed by atoms with Gasteiger partial charge in [0, 0.05) is 12.1 Å². The Morgan fingerprint density at radius 1 is 1.33 bits per heavy atom. The van der Waals surface area contributed by atoms with Crippen molar-refractivity contribution in [2.24, 2.45) is 0 Å². The molecule has 0 bridgehead atoms. The molecular weight excluding hydrogens is 250 g/mol. The molecule has 0 saturated carbocycles. The van der Waals surface area contributed by atoms with Gasteiger partial charge in [-0.1, -0.05) is 12.1 Å². The molecule has 1 fully saturated rings. The first-order valence-corrected chi connectivity index (χ1v) is 7.47. The summed E-state index contributed by atoms with van der Waals surface area (Å²) in [6.07, 6.45) is 0.973.